The lowest BCUT2D eigenvalue weighted by Crippen LogP contribution is -2.46. The number of unbranched alkanes of at least 4 members (excludes halogenated alkanes) is 22. The van der Waals surface area contributed by atoms with Crippen molar-refractivity contribution in [3.05, 3.63) is 60.8 Å². The Labute approximate surface area is 339 Å². The molecule has 0 aliphatic rings. The number of carbonyl (C=O) groups excluding carboxylic acids is 2. The fourth-order valence-electron chi connectivity index (χ4n) is 6.75. The van der Waals surface area contributed by atoms with Gasteiger partial charge in [0.2, 0.25) is 5.91 Å². The fraction of sp³-hybridized carbons (Fsp3) is 0.755. The highest BCUT2D eigenvalue weighted by atomic mass is 16.5. The summed E-state index contributed by atoms with van der Waals surface area (Å²) in [6.07, 6.45) is 51.4. The average Bonchev–Trinajstić information content (AvgIpc) is 3.18. The quantitative estimate of drug-likeness (QED) is 0.0328. The molecule has 0 aliphatic carbocycles. The molecule has 318 valence electrons. The number of aliphatic hydroxyl groups is 2. The van der Waals surface area contributed by atoms with Crippen molar-refractivity contribution in [3.8, 4) is 0 Å². The van der Waals surface area contributed by atoms with E-state index in [0.717, 1.165) is 57.8 Å². The van der Waals surface area contributed by atoms with Crippen LogP contribution >= 0.6 is 0 Å². The van der Waals surface area contributed by atoms with Crippen LogP contribution in [0.1, 0.15) is 213 Å². The second-order valence-electron chi connectivity index (χ2n) is 15.6. The zero-order valence-electron chi connectivity index (χ0n) is 36.0. The van der Waals surface area contributed by atoms with Gasteiger partial charge in [-0.25, -0.2) is 0 Å². The molecule has 0 spiro atoms. The number of ether oxygens (including phenoxy) is 1. The molecule has 0 saturated heterocycles. The number of hydrogen-bond donors (Lipinski definition) is 3. The molecule has 3 N–H and O–H groups in total. The molecule has 0 aromatic rings. The van der Waals surface area contributed by atoms with Crippen LogP contribution in [0.25, 0.3) is 0 Å². The first-order chi connectivity index (χ1) is 27.0. The van der Waals surface area contributed by atoms with Gasteiger partial charge in [-0.15, -0.1) is 0 Å². The molecular formula is C49H87NO5. The van der Waals surface area contributed by atoms with Gasteiger partial charge in [0.05, 0.1) is 25.2 Å². The SMILES string of the molecule is CC/C=C/C=C/C=C\C=C/C=C/CCCC(CC(=O)NC(CO)C(O)CCCCCCCCCCCCC)OC(=O)CCCCCCCCCCCCCC. The van der Waals surface area contributed by atoms with E-state index in [1.165, 1.54) is 109 Å². The Kier molecular flexibility index (Phi) is 40.8. The second-order valence-corrected chi connectivity index (χ2v) is 15.6. The molecule has 0 saturated carbocycles. The molecule has 3 atom stereocenters. The molecule has 0 rings (SSSR count). The molecule has 0 aliphatic heterocycles. The summed E-state index contributed by atoms with van der Waals surface area (Å²) in [6, 6.07) is -0.722. The van der Waals surface area contributed by atoms with Gasteiger partial charge in [0.15, 0.2) is 0 Å². The van der Waals surface area contributed by atoms with Crippen LogP contribution < -0.4 is 5.32 Å². The molecule has 0 aromatic carbocycles. The molecule has 0 aromatic heterocycles. The topological polar surface area (TPSA) is 95.9 Å². The maximum absolute atomic E-state index is 13.1. The Bertz CT molecular complexity index is 999. The van der Waals surface area contributed by atoms with E-state index in [9.17, 15) is 19.8 Å². The van der Waals surface area contributed by atoms with Gasteiger partial charge in [0.25, 0.3) is 0 Å². The molecule has 0 radical (unpaired) electrons. The number of esters is 1. The number of carbonyl (C=O) groups is 2. The van der Waals surface area contributed by atoms with E-state index in [4.69, 9.17) is 4.74 Å². The molecule has 0 fully saturated rings. The summed E-state index contributed by atoms with van der Waals surface area (Å²) in [5.41, 5.74) is 0. The number of nitrogens with one attached hydrogen (secondary N) is 1. The van der Waals surface area contributed by atoms with Crippen LogP contribution in [0.2, 0.25) is 0 Å². The smallest absolute Gasteiger partial charge is 0.306 e. The van der Waals surface area contributed by atoms with Gasteiger partial charge in [-0.1, -0.05) is 223 Å². The number of rotatable bonds is 40. The van der Waals surface area contributed by atoms with Crippen molar-refractivity contribution in [3.63, 3.8) is 0 Å². The average molecular weight is 770 g/mol. The predicted octanol–water partition coefficient (Wildman–Crippen LogP) is 13.3. The van der Waals surface area contributed by atoms with Gasteiger partial charge in [0.1, 0.15) is 6.10 Å². The Hall–Kier alpha value is -2.44. The van der Waals surface area contributed by atoms with E-state index in [1.807, 2.05) is 48.6 Å². The lowest BCUT2D eigenvalue weighted by atomic mass is 10.0. The van der Waals surface area contributed by atoms with E-state index in [2.05, 4.69) is 38.2 Å². The van der Waals surface area contributed by atoms with Crippen LogP contribution in [0.5, 0.6) is 0 Å². The van der Waals surface area contributed by atoms with Gasteiger partial charge in [0, 0.05) is 6.42 Å². The largest absolute Gasteiger partial charge is 0.462 e. The van der Waals surface area contributed by atoms with Crippen molar-refractivity contribution < 1.29 is 24.5 Å². The van der Waals surface area contributed by atoms with E-state index in [1.54, 1.807) is 0 Å². The maximum atomic E-state index is 13.1. The lowest BCUT2D eigenvalue weighted by Gasteiger charge is -2.24. The first kappa shape index (κ1) is 52.6. The van der Waals surface area contributed by atoms with Gasteiger partial charge in [-0.2, -0.15) is 0 Å². The van der Waals surface area contributed by atoms with Crippen LogP contribution in [0.3, 0.4) is 0 Å². The van der Waals surface area contributed by atoms with E-state index in [-0.39, 0.29) is 24.9 Å². The standard InChI is InChI=1S/C49H87NO5/c1-4-7-10-13-16-19-22-24-26-28-31-34-37-40-45(55-49(54)42-39-36-33-30-27-23-20-17-14-11-8-5-2)43-48(53)50-46(44-51)47(52)41-38-35-32-29-25-21-18-15-12-9-6-3/h7,10,13,16,19,22,24,26,28,31,45-47,51-52H,4-6,8-9,11-12,14-15,17-18,20-21,23,25,27,29-30,32-44H2,1-3H3,(H,50,53)/b10-7+,16-13+,22-19-,26-24-,31-28+. The second kappa shape index (κ2) is 42.7. The predicted molar refractivity (Wildman–Crippen MR) is 236 cm³/mol. The number of amides is 1. The summed E-state index contributed by atoms with van der Waals surface area (Å²) < 4.78 is 5.86. The molecule has 1 amide bonds. The summed E-state index contributed by atoms with van der Waals surface area (Å²) in [4.78, 5) is 26.0. The van der Waals surface area contributed by atoms with Crippen molar-refractivity contribution in [2.75, 3.05) is 6.61 Å². The molecular weight excluding hydrogens is 683 g/mol. The lowest BCUT2D eigenvalue weighted by molar-refractivity contribution is -0.151. The first-order valence-electron chi connectivity index (χ1n) is 23.1. The van der Waals surface area contributed by atoms with Crippen molar-refractivity contribution in [1.82, 2.24) is 5.32 Å². The van der Waals surface area contributed by atoms with Crippen molar-refractivity contribution in [2.24, 2.45) is 0 Å². The number of aliphatic hydroxyl groups excluding tert-OH is 2. The molecule has 0 bridgehead atoms. The summed E-state index contributed by atoms with van der Waals surface area (Å²) in [5, 5.41) is 23.6. The third kappa shape index (κ3) is 38.2. The minimum absolute atomic E-state index is 0.0290. The van der Waals surface area contributed by atoms with Gasteiger partial charge < -0.3 is 20.3 Å². The monoisotopic (exact) mass is 770 g/mol. The first-order valence-corrected chi connectivity index (χ1v) is 23.1. The summed E-state index contributed by atoms with van der Waals surface area (Å²) in [7, 11) is 0. The third-order valence-electron chi connectivity index (χ3n) is 10.2. The van der Waals surface area contributed by atoms with Crippen molar-refractivity contribution >= 4 is 11.9 Å². The normalized spacial score (nSPS) is 13.9. The van der Waals surface area contributed by atoms with E-state index in [0.29, 0.717) is 19.3 Å². The third-order valence-corrected chi connectivity index (χ3v) is 10.2. The molecule has 0 heterocycles. The highest BCUT2D eigenvalue weighted by Crippen LogP contribution is 2.17. The van der Waals surface area contributed by atoms with Gasteiger partial charge in [-0.05, 0) is 38.5 Å². The molecule has 6 heteroatoms. The number of allylic oxidation sites excluding steroid dienone is 10. The highest BCUT2D eigenvalue weighted by molar-refractivity contribution is 5.77. The molecule has 55 heavy (non-hydrogen) atoms. The zero-order chi connectivity index (χ0) is 40.3. The Morgan fingerprint density at radius 1 is 0.545 bits per heavy atom. The highest BCUT2D eigenvalue weighted by Gasteiger charge is 2.24. The minimum Gasteiger partial charge on any atom is -0.462 e. The van der Waals surface area contributed by atoms with Crippen LogP contribution in [-0.2, 0) is 14.3 Å². The fourth-order valence-corrected chi connectivity index (χ4v) is 6.75. The van der Waals surface area contributed by atoms with Crippen molar-refractivity contribution in [2.45, 2.75) is 232 Å². The van der Waals surface area contributed by atoms with Crippen LogP contribution in [0, 0.1) is 0 Å². The van der Waals surface area contributed by atoms with Crippen LogP contribution in [0.4, 0.5) is 0 Å². The van der Waals surface area contributed by atoms with Crippen LogP contribution in [0.15, 0.2) is 60.8 Å². The van der Waals surface area contributed by atoms with Crippen LogP contribution in [-0.4, -0.2) is 46.9 Å². The van der Waals surface area contributed by atoms with E-state index < -0.39 is 18.2 Å². The minimum atomic E-state index is -0.804. The zero-order valence-corrected chi connectivity index (χ0v) is 36.0. The maximum Gasteiger partial charge on any atom is 0.306 e. The Balaban J connectivity index is 4.72. The Morgan fingerprint density at radius 3 is 1.45 bits per heavy atom. The summed E-state index contributed by atoms with van der Waals surface area (Å²) >= 11 is 0. The van der Waals surface area contributed by atoms with Crippen molar-refractivity contribution in [1.29, 1.82) is 0 Å². The van der Waals surface area contributed by atoms with E-state index >= 15 is 0 Å². The van der Waals surface area contributed by atoms with Gasteiger partial charge in [-0.3, -0.25) is 9.59 Å². The molecule has 6 nitrogen and oxygen atoms in total. The summed E-state index contributed by atoms with van der Waals surface area (Å²) in [5.74, 6) is -0.547. The number of hydrogen-bond acceptors (Lipinski definition) is 5. The Morgan fingerprint density at radius 2 is 0.982 bits per heavy atom. The molecule has 3 unspecified atom stereocenters. The van der Waals surface area contributed by atoms with Gasteiger partial charge >= 0.3 is 5.97 Å². The summed E-state index contributed by atoms with van der Waals surface area (Å²) in [6.45, 7) is 6.29.